The molecule has 0 aliphatic heterocycles. The predicted molar refractivity (Wildman–Crippen MR) is 88.9 cm³/mol. The van der Waals surface area contributed by atoms with Crippen LogP contribution >= 0.6 is 0 Å². The zero-order chi connectivity index (χ0) is 16.7. The van der Waals surface area contributed by atoms with E-state index >= 15 is 0 Å². The highest BCUT2D eigenvalue weighted by Gasteiger charge is 2.18. The fraction of sp³-hybridized carbons (Fsp3) is 0.158. The fourth-order valence-corrected chi connectivity index (χ4v) is 2.31. The molecule has 2 rings (SSSR count). The molecule has 0 spiro atoms. The molecule has 4 heteroatoms. The van der Waals surface area contributed by atoms with Gasteiger partial charge in [0.25, 0.3) is 0 Å². The third-order valence-corrected chi connectivity index (χ3v) is 3.48. The van der Waals surface area contributed by atoms with E-state index < -0.39 is 11.9 Å². The fourth-order valence-electron chi connectivity index (χ4n) is 2.31. The van der Waals surface area contributed by atoms with Crippen molar-refractivity contribution >= 4 is 11.9 Å². The first-order valence-electron chi connectivity index (χ1n) is 7.35. The molecule has 0 heterocycles. The van der Waals surface area contributed by atoms with E-state index in [1.807, 2.05) is 60.7 Å². The van der Waals surface area contributed by atoms with Gasteiger partial charge in [-0.25, -0.2) is 0 Å². The summed E-state index contributed by atoms with van der Waals surface area (Å²) in [7, 11) is 0. The number of carbonyl (C=O) groups excluding carboxylic acids is 1. The maximum Gasteiger partial charge on any atom is 0.308 e. The van der Waals surface area contributed by atoms with E-state index in [4.69, 9.17) is 5.11 Å². The van der Waals surface area contributed by atoms with Gasteiger partial charge in [-0.3, -0.25) is 9.59 Å². The lowest BCUT2D eigenvalue weighted by Crippen LogP contribution is -2.31. The summed E-state index contributed by atoms with van der Waals surface area (Å²) in [6, 6.07) is 19.2. The number of hydrogen-bond donors (Lipinski definition) is 2. The summed E-state index contributed by atoms with van der Waals surface area (Å²) in [4.78, 5) is 22.9. The molecule has 118 valence electrons. The summed E-state index contributed by atoms with van der Waals surface area (Å²) < 4.78 is 0. The van der Waals surface area contributed by atoms with Crippen molar-refractivity contribution in [2.75, 3.05) is 0 Å². The van der Waals surface area contributed by atoms with E-state index in [9.17, 15) is 9.59 Å². The van der Waals surface area contributed by atoms with Crippen molar-refractivity contribution in [3.8, 4) is 0 Å². The van der Waals surface area contributed by atoms with E-state index in [0.717, 1.165) is 11.1 Å². The monoisotopic (exact) mass is 309 g/mol. The number of amides is 1. The van der Waals surface area contributed by atoms with Crippen molar-refractivity contribution in [2.45, 2.75) is 18.9 Å². The molecule has 0 aromatic heterocycles. The van der Waals surface area contributed by atoms with Crippen molar-refractivity contribution in [1.82, 2.24) is 5.32 Å². The molecule has 0 bridgehead atoms. The van der Waals surface area contributed by atoms with Gasteiger partial charge in [0.05, 0.1) is 12.5 Å². The second kappa shape index (κ2) is 7.94. The van der Waals surface area contributed by atoms with Gasteiger partial charge in [0.15, 0.2) is 0 Å². The number of nitrogens with one attached hydrogen (secondary N) is 1. The largest absolute Gasteiger partial charge is 0.481 e. The molecule has 0 aliphatic rings. The van der Waals surface area contributed by atoms with Crippen LogP contribution in [0.25, 0.3) is 0 Å². The average Bonchev–Trinajstić information content (AvgIpc) is 2.55. The minimum absolute atomic E-state index is 0.0477. The van der Waals surface area contributed by atoms with E-state index in [0.29, 0.717) is 6.42 Å². The standard InChI is InChI=1S/C19H19NO3/c1-14(12-18(21)22)19(23)20-17(16-10-6-3-7-11-16)13-15-8-4-2-5-9-15/h2-11,17H,1,12-13H2,(H,20,23)(H,21,22). The average molecular weight is 309 g/mol. The van der Waals surface area contributed by atoms with Crippen molar-refractivity contribution in [2.24, 2.45) is 0 Å². The predicted octanol–water partition coefficient (Wildman–Crippen LogP) is 3.12. The summed E-state index contributed by atoms with van der Waals surface area (Å²) >= 11 is 0. The summed E-state index contributed by atoms with van der Waals surface area (Å²) in [6.45, 7) is 3.56. The molecule has 4 nitrogen and oxygen atoms in total. The van der Waals surface area contributed by atoms with E-state index in [1.165, 1.54) is 0 Å². The van der Waals surface area contributed by atoms with Crippen molar-refractivity contribution in [3.63, 3.8) is 0 Å². The Morgan fingerprint density at radius 1 is 1.00 bits per heavy atom. The Labute approximate surface area is 135 Å². The zero-order valence-electron chi connectivity index (χ0n) is 12.7. The summed E-state index contributed by atoms with van der Waals surface area (Å²) in [6.07, 6.45) is 0.260. The van der Waals surface area contributed by atoms with Crippen LogP contribution in [0.5, 0.6) is 0 Å². The van der Waals surface area contributed by atoms with E-state index in [-0.39, 0.29) is 18.0 Å². The van der Waals surface area contributed by atoms with Crippen LogP contribution in [0.1, 0.15) is 23.6 Å². The van der Waals surface area contributed by atoms with Crippen LogP contribution in [0, 0.1) is 0 Å². The SMILES string of the molecule is C=C(CC(=O)O)C(=O)NC(Cc1ccccc1)c1ccccc1. The highest BCUT2D eigenvalue weighted by Crippen LogP contribution is 2.19. The Balaban J connectivity index is 2.15. The number of hydrogen-bond acceptors (Lipinski definition) is 2. The van der Waals surface area contributed by atoms with E-state index in [1.54, 1.807) is 0 Å². The van der Waals surface area contributed by atoms with Gasteiger partial charge in [-0.2, -0.15) is 0 Å². The van der Waals surface area contributed by atoms with Crippen LogP contribution in [-0.4, -0.2) is 17.0 Å². The highest BCUT2D eigenvalue weighted by molar-refractivity contribution is 5.96. The van der Waals surface area contributed by atoms with Crippen LogP contribution in [0.15, 0.2) is 72.8 Å². The van der Waals surface area contributed by atoms with Crippen molar-refractivity contribution in [1.29, 1.82) is 0 Å². The molecule has 2 N–H and O–H groups in total. The first-order valence-corrected chi connectivity index (χ1v) is 7.35. The zero-order valence-corrected chi connectivity index (χ0v) is 12.7. The van der Waals surface area contributed by atoms with Gasteiger partial charge >= 0.3 is 5.97 Å². The van der Waals surface area contributed by atoms with Crippen LogP contribution in [-0.2, 0) is 16.0 Å². The number of benzene rings is 2. The first kappa shape index (κ1) is 16.5. The molecule has 2 aromatic rings. The maximum absolute atomic E-state index is 12.2. The molecule has 0 aliphatic carbocycles. The number of carboxylic acid groups (broad SMARTS) is 1. The van der Waals surface area contributed by atoms with Crippen LogP contribution in [0.4, 0.5) is 0 Å². The maximum atomic E-state index is 12.2. The molecule has 2 aromatic carbocycles. The number of aliphatic carboxylic acids is 1. The topological polar surface area (TPSA) is 66.4 Å². The van der Waals surface area contributed by atoms with Gasteiger partial charge < -0.3 is 10.4 Å². The Hall–Kier alpha value is -2.88. The smallest absolute Gasteiger partial charge is 0.308 e. The molecule has 0 radical (unpaired) electrons. The number of rotatable bonds is 7. The molecule has 1 atom stereocenters. The molecule has 0 saturated carbocycles. The summed E-state index contributed by atoms with van der Waals surface area (Å²) in [5.41, 5.74) is 2.10. The first-order chi connectivity index (χ1) is 11.1. The number of carboxylic acids is 1. The van der Waals surface area contributed by atoms with Gasteiger partial charge in [0.1, 0.15) is 0 Å². The molecule has 1 amide bonds. The molecular weight excluding hydrogens is 290 g/mol. The van der Waals surface area contributed by atoms with Gasteiger partial charge in [-0.05, 0) is 17.5 Å². The normalized spacial score (nSPS) is 11.5. The lowest BCUT2D eigenvalue weighted by Gasteiger charge is -2.20. The molecule has 0 fully saturated rings. The third-order valence-electron chi connectivity index (χ3n) is 3.48. The quantitative estimate of drug-likeness (QED) is 0.772. The van der Waals surface area contributed by atoms with Gasteiger partial charge in [0.2, 0.25) is 5.91 Å². The Kier molecular flexibility index (Phi) is 5.69. The van der Waals surface area contributed by atoms with Gasteiger partial charge in [0, 0.05) is 5.57 Å². The Morgan fingerprint density at radius 2 is 1.57 bits per heavy atom. The van der Waals surface area contributed by atoms with Crippen LogP contribution < -0.4 is 5.32 Å². The van der Waals surface area contributed by atoms with Gasteiger partial charge in [-0.1, -0.05) is 67.2 Å². The Bertz CT molecular complexity index is 680. The second-order valence-electron chi connectivity index (χ2n) is 5.30. The Morgan fingerprint density at radius 3 is 2.13 bits per heavy atom. The van der Waals surface area contributed by atoms with Crippen LogP contribution in [0.3, 0.4) is 0 Å². The number of carbonyl (C=O) groups is 2. The second-order valence-corrected chi connectivity index (χ2v) is 5.30. The minimum atomic E-state index is -1.07. The molecule has 0 saturated heterocycles. The lowest BCUT2D eigenvalue weighted by atomic mass is 9.98. The minimum Gasteiger partial charge on any atom is -0.481 e. The lowest BCUT2D eigenvalue weighted by molar-refractivity contribution is -0.137. The summed E-state index contributed by atoms with van der Waals surface area (Å²) in [5.74, 6) is -1.50. The highest BCUT2D eigenvalue weighted by atomic mass is 16.4. The van der Waals surface area contributed by atoms with Crippen LogP contribution in [0.2, 0.25) is 0 Å². The molecular formula is C19H19NO3. The molecule has 1 unspecified atom stereocenters. The summed E-state index contributed by atoms with van der Waals surface area (Å²) in [5, 5.41) is 11.7. The van der Waals surface area contributed by atoms with Crippen molar-refractivity contribution in [3.05, 3.63) is 83.9 Å². The molecule has 23 heavy (non-hydrogen) atoms. The van der Waals surface area contributed by atoms with E-state index in [2.05, 4.69) is 11.9 Å². The third kappa shape index (κ3) is 5.11. The van der Waals surface area contributed by atoms with Crippen molar-refractivity contribution < 1.29 is 14.7 Å². The van der Waals surface area contributed by atoms with Gasteiger partial charge in [-0.15, -0.1) is 0 Å².